The van der Waals surface area contributed by atoms with Crippen LogP contribution in [0.5, 0.6) is 0 Å². The summed E-state index contributed by atoms with van der Waals surface area (Å²) in [7, 11) is 0. The molecule has 1 saturated carbocycles. The molecule has 1 aromatic rings. The first-order valence-electron chi connectivity index (χ1n) is 6.63. The Hall–Kier alpha value is -1.64. The van der Waals surface area contributed by atoms with E-state index < -0.39 is 0 Å². The molecule has 1 aliphatic carbocycles. The maximum absolute atomic E-state index is 11.8. The standard InChI is InChI=1S/C15H19NO2/c17-14(12-7-3-1-4-8-12)11-15(18)16-13-9-5-2-6-10-13/h1,3-4,7-8,13H,2,5-6,9-11H2,(H,16,18). The summed E-state index contributed by atoms with van der Waals surface area (Å²) in [6.07, 6.45) is 5.67. The highest BCUT2D eigenvalue weighted by Gasteiger charge is 2.17. The van der Waals surface area contributed by atoms with Gasteiger partial charge in [0.15, 0.2) is 5.78 Å². The van der Waals surface area contributed by atoms with Crippen molar-refractivity contribution >= 4 is 11.7 Å². The van der Waals surface area contributed by atoms with E-state index in [4.69, 9.17) is 0 Å². The Labute approximate surface area is 108 Å². The van der Waals surface area contributed by atoms with E-state index >= 15 is 0 Å². The number of rotatable bonds is 4. The second kappa shape index (κ2) is 6.34. The number of amides is 1. The zero-order valence-corrected chi connectivity index (χ0v) is 10.5. The van der Waals surface area contributed by atoms with Gasteiger partial charge in [0.05, 0.1) is 6.42 Å². The second-order valence-corrected chi connectivity index (χ2v) is 4.87. The predicted molar refractivity (Wildman–Crippen MR) is 70.4 cm³/mol. The maximum atomic E-state index is 11.8. The molecule has 1 aliphatic rings. The molecule has 0 heterocycles. The normalized spacial score (nSPS) is 16.2. The average molecular weight is 245 g/mol. The fourth-order valence-electron chi connectivity index (χ4n) is 2.40. The summed E-state index contributed by atoms with van der Waals surface area (Å²) < 4.78 is 0. The van der Waals surface area contributed by atoms with E-state index in [0.717, 1.165) is 12.8 Å². The van der Waals surface area contributed by atoms with E-state index in [1.54, 1.807) is 12.1 Å². The number of carbonyl (C=O) groups is 2. The van der Waals surface area contributed by atoms with Crippen molar-refractivity contribution in [1.29, 1.82) is 0 Å². The van der Waals surface area contributed by atoms with Crippen LogP contribution in [0.1, 0.15) is 48.9 Å². The van der Waals surface area contributed by atoms with Crippen molar-refractivity contribution < 1.29 is 9.59 Å². The van der Waals surface area contributed by atoms with E-state index in [0.29, 0.717) is 5.56 Å². The summed E-state index contributed by atoms with van der Waals surface area (Å²) in [4.78, 5) is 23.6. The van der Waals surface area contributed by atoms with E-state index in [1.165, 1.54) is 19.3 Å². The lowest BCUT2D eigenvalue weighted by atomic mass is 9.95. The molecule has 18 heavy (non-hydrogen) atoms. The molecule has 0 saturated heterocycles. The third-order valence-electron chi connectivity index (χ3n) is 3.39. The second-order valence-electron chi connectivity index (χ2n) is 4.87. The molecule has 1 N–H and O–H groups in total. The largest absolute Gasteiger partial charge is 0.353 e. The van der Waals surface area contributed by atoms with Crippen molar-refractivity contribution in [2.45, 2.75) is 44.6 Å². The van der Waals surface area contributed by atoms with Crippen molar-refractivity contribution in [3.05, 3.63) is 35.9 Å². The van der Waals surface area contributed by atoms with Gasteiger partial charge in [0.2, 0.25) is 5.91 Å². The van der Waals surface area contributed by atoms with Crippen LogP contribution in [0.4, 0.5) is 0 Å². The van der Waals surface area contributed by atoms with Crippen LogP contribution in [0.25, 0.3) is 0 Å². The first-order chi connectivity index (χ1) is 8.75. The van der Waals surface area contributed by atoms with Crippen LogP contribution in [-0.2, 0) is 4.79 Å². The summed E-state index contributed by atoms with van der Waals surface area (Å²) in [6, 6.07) is 9.25. The summed E-state index contributed by atoms with van der Waals surface area (Å²) in [5.74, 6) is -0.250. The van der Waals surface area contributed by atoms with Gasteiger partial charge in [-0.2, -0.15) is 0 Å². The van der Waals surface area contributed by atoms with Gasteiger partial charge in [-0.3, -0.25) is 9.59 Å². The molecule has 96 valence electrons. The summed E-state index contributed by atoms with van der Waals surface area (Å²) in [5, 5.41) is 2.96. The van der Waals surface area contributed by atoms with Crippen LogP contribution in [0.15, 0.2) is 30.3 Å². The quantitative estimate of drug-likeness (QED) is 0.655. The molecule has 2 rings (SSSR count). The molecular formula is C15H19NO2. The van der Waals surface area contributed by atoms with Crippen LogP contribution in [0.2, 0.25) is 0 Å². The first-order valence-corrected chi connectivity index (χ1v) is 6.63. The third-order valence-corrected chi connectivity index (χ3v) is 3.39. The van der Waals surface area contributed by atoms with Crippen LogP contribution < -0.4 is 5.32 Å². The Bertz CT molecular complexity index is 408. The van der Waals surface area contributed by atoms with Crippen molar-refractivity contribution in [3.63, 3.8) is 0 Å². The van der Waals surface area contributed by atoms with Gasteiger partial charge in [-0.25, -0.2) is 0 Å². The number of carbonyl (C=O) groups excluding carboxylic acids is 2. The van der Waals surface area contributed by atoms with E-state index in [-0.39, 0.29) is 24.2 Å². The topological polar surface area (TPSA) is 46.2 Å². The van der Waals surface area contributed by atoms with Crippen molar-refractivity contribution in [2.24, 2.45) is 0 Å². The third kappa shape index (κ3) is 3.69. The number of hydrogen-bond acceptors (Lipinski definition) is 2. The SMILES string of the molecule is O=C(CC(=O)c1ccccc1)NC1CCCCC1. The van der Waals surface area contributed by atoms with Crippen LogP contribution in [0, 0.1) is 0 Å². The maximum Gasteiger partial charge on any atom is 0.228 e. The molecule has 1 fully saturated rings. The molecule has 3 heteroatoms. The number of nitrogens with one attached hydrogen (secondary N) is 1. The lowest BCUT2D eigenvalue weighted by Gasteiger charge is -2.22. The molecule has 1 aromatic carbocycles. The minimum Gasteiger partial charge on any atom is -0.353 e. The molecule has 0 spiro atoms. The van der Waals surface area contributed by atoms with E-state index in [1.807, 2.05) is 18.2 Å². The van der Waals surface area contributed by atoms with Gasteiger partial charge < -0.3 is 5.32 Å². The van der Waals surface area contributed by atoms with E-state index in [9.17, 15) is 9.59 Å². The highest BCUT2D eigenvalue weighted by molar-refractivity contribution is 6.07. The molecule has 0 atom stereocenters. The van der Waals surface area contributed by atoms with Gasteiger partial charge in [-0.1, -0.05) is 49.6 Å². The summed E-state index contributed by atoms with van der Waals surface area (Å²) in [5.41, 5.74) is 0.608. The minimum absolute atomic E-state index is 0.0412. The molecule has 0 aliphatic heterocycles. The molecular weight excluding hydrogens is 226 g/mol. The van der Waals surface area contributed by atoms with Gasteiger partial charge in [-0.05, 0) is 12.8 Å². The Morgan fingerprint density at radius 1 is 1.06 bits per heavy atom. The molecule has 1 amide bonds. The van der Waals surface area contributed by atoms with E-state index in [2.05, 4.69) is 5.32 Å². The number of ketones is 1. The number of hydrogen-bond donors (Lipinski definition) is 1. The monoisotopic (exact) mass is 245 g/mol. The Kier molecular flexibility index (Phi) is 4.51. The molecule has 0 bridgehead atoms. The van der Waals surface area contributed by atoms with Crippen molar-refractivity contribution in [1.82, 2.24) is 5.32 Å². The Balaban J connectivity index is 1.82. The predicted octanol–water partition coefficient (Wildman–Crippen LogP) is 2.71. The number of benzene rings is 1. The Morgan fingerprint density at radius 3 is 2.39 bits per heavy atom. The highest BCUT2D eigenvalue weighted by Crippen LogP contribution is 2.17. The lowest BCUT2D eigenvalue weighted by Crippen LogP contribution is -2.37. The first kappa shape index (κ1) is 12.8. The van der Waals surface area contributed by atoms with Gasteiger partial charge >= 0.3 is 0 Å². The Morgan fingerprint density at radius 2 is 1.72 bits per heavy atom. The van der Waals surface area contributed by atoms with Gasteiger partial charge in [0, 0.05) is 11.6 Å². The van der Waals surface area contributed by atoms with Crippen molar-refractivity contribution in [3.8, 4) is 0 Å². The molecule has 0 aromatic heterocycles. The summed E-state index contributed by atoms with van der Waals surface area (Å²) in [6.45, 7) is 0. The highest BCUT2D eigenvalue weighted by atomic mass is 16.2. The van der Waals surface area contributed by atoms with Gasteiger partial charge in [0.1, 0.15) is 0 Å². The van der Waals surface area contributed by atoms with Gasteiger partial charge in [0.25, 0.3) is 0 Å². The zero-order chi connectivity index (χ0) is 12.8. The fourth-order valence-corrected chi connectivity index (χ4v) is 2.40. The van der Waals surface area contributed by atoms with Crippen molar-refractivity contribution in [2.75, 3.05) is 0 Å². The average Bonchev–Trinajstić information content (AvgIpc) is 2.40. The van der Waals surface area contributed by atoms with Crippen LogP contribution in [-0.4, -0.2) is 17.7 Å². The zero-order valence-electron chi connectivity index (χ0n) is 10.5. The lowest BCUT2D eigenvalue weighted by molar-refractivity contribution is -0.121. The van der Waals surface area contributed by atoms with Crippen LogP contribution in [0.3, 0.4) is 0 Å². The fraction of sp³-hybridized carbons (Fsp3) is 0.467. The smallest absolute Gasteiger partial charge is 0.228 e. The molecule has 0 radical (unpaired) electrons. The van der Waals surface area contributed by atoms with Crippen LogP contribution >= 0.6 is 0 Å². The summed E-state index contributed by atoms with van der Waals surface area (Å²) >= 11 is 0. The molecule has 3 nitrogen and oxygen atoms in total. The minimum atomic E-state index is -0.143. The number of Topliss-reactive ketones (excluding diaryl/α,β-unsaturated/α-hetero) is 1. The van der Waals surface area contributed by atoms with Gasteiger partial charge in [-0.15, -0.1) is 0 Å². The molecule has 0 unspecified atom stereocenters.